The Balaban J connectivity index is 0.000000139. The van der Waals surface area contributed by atoms with Crippen LogP contribution in [0.1, 0.15) is 185 Å². The number of hydrogen-bond acceptors (Lipinski definition) is 24. The number of aromatic nitrogens is 10. The Labute approximate surface area is 765 Å². The summed E-state index contributed by atoms with van der Waals surface area (Å²) in [5.74, 6) is 4.84. The summed E-state index contributed by atoms with van der Waals surface area (Å²) in [7, 11) is 0. The van der Waals surface area contributed by atoms with Crippen LogP contribution < -0.4 is 39.3 Å². The first-order chi connectivity index (χ1) is 62.2. The van der Waals surface area contributed by atoms with Crippen LogP contribution in [-0.2, 0) is 51.1 Å². The number of aryl methyl sites for hydroxylation is 4. The molecule has 5 aromatic heterocycles. The molecule has 684 valence electrons. The Morgan fingerprint density at radius 3 is 1.37 bits per heavy atom. The van der Waals surface area contributed by atoms with E-state index in [4.69, 9.17) is 42.9 Å². The lowest BCUT2D eigenvalue weighted by molar-refractivity contribution is -0.127. The molecule has 9 heterocycles. The normalized spacial score (nSPS) is 15.3. The number of rotatable bonds is 20. The third-order valence-corrected chi connectivity index (χ3v) is 24.5. The molecule has 7 aliphatic rings. The second-order valence-corrected chi connectivity index (χ2v) is 37.0. The Kier molecular flexibility index (Phi) is 31.1. The monoisotopic (exact) mass is 1760 g/mol. The number of hydrogen-bond donors (Lipinski definition) is 7. The number of likely N-dealkylation sites (tertiary alicyclic amines) is 4. The predicted molar refractivity (Wildman–Crippen MR) is 518 cm³/mol. The fourth-order valence-electron chi connectivity index (χ4n) is 16.8. The number of piperidine rings is 2. The van der Waals surface area contributed by atoms with Gasteiger partial charge in [0.05, 0.1) is 35.1 Å². The van der Waals surface area contributed by atoms with Crippen LogP contribution >= 0.6 is 0 Å². The van der Waals surface area contributed by atoms with E-state index in [9.17, 15) is 19.2 Å². The summed E-state index contributed by atoms with van der Waals surface area (Å²) in [6.07, 6.45) is 22.6. The number of fused-ring (bicyclic) bond motifs is 2. The first-order valence-electron chi connectivity index (χ1n) is 45.8. The predicted octanol–water partition coefficient (Wildman–Crippen LogP) is 18.0. The number of ether oxygens (including phenoxy) is 3. The van der Waals surface area contributed by atoms with Gasteiger partial charge in [0.25, 0.3) is 0 Å². The van der Waals surface area contributed by atoms with E-state index in [0.29, 0.717) is 106 Å². The van der Waals surface area contributed by atoms with Gasteiger partial charge in [0.15, 0.2) is 0 Å². The molecule has 10 aromatic rings. The molecule has 5 fully saturated rings. The summed E-state index contributed by atoms with van der Waals surface area (Å²) in [5.41, 5.74) is 54.0. The Morgan fingerprint density at radius 2 is 0.885 bits per heavy atom. The van der Waals surface area contributed by atoms with Crippen molar-refractivity contribution < 1.29 is 33.4 Å². The highest BCUT2D eigenvalue weighted by Crippen LogP contribution is 2.37. The van der Waals surface area contributed by atoms with Crippen LogP contribution in [-0.4, -0.2) is 176 Å². The van der Waals surface area contributed by atoms with Crippen molar-refractivity contribution in [1.29, 1.82) is 0 Å². The molecule has 3 aliphatic carbocycles. The highest BCUT2D eigenvalue weighted by molar-refractivity contribution is 5.78. The zero-order chi connectivity index (χ0) is 92.5. The standard InChI is InChI=1S/C23H32N4O2.C21H29N5O2.C21H24N4O.C20H27N5O2.C17H17N3/c1-15-7-6-8-19(16(15)2)20-14-18(25-21(24)26-20)13-17-9-11-27(12-10-17)22(28)29-23(3,4)5;1-13-7-6-8-16(14(13)2)17-9-18(25-19(22)24-17)23-10-15-11-26(12-15)20(27)28-21(3,4)5;22-21-23-18(7-1-2-11-25-12-4-8-20(25)26)14-19(24-21)17-10-9-15-5-3-6-16(15)13-17;1-4-27-20(26)25-10-8-15(9-11-25)22-18-12-17(23-19(21)24-18)16-7-5-6-13(2)14(16)3;18-17-19-15(8-11-4-5-11)10-16(20-17)14-7-6-12-2-1-3-13(12)9-14/h6-8,14,17H,9-13H2,1-5H3,(H2,24,25,26);6-9,15H,10-12H2,1-5H3,(H3,22,23,24,25);3,6,9-10,13-14H,1-2,4-5,7-8,11-12H2,(H2,22,23,24);5-7,12,15H,4,8-11H2,1-3H3,(H3,21,22,23,24);1,3,6-7,9-11H,2,4-5,8H2,(H2,18,19,20). The van der Waals surface area contributed by atoms with Crippen LogP contribution in [0.4, 0.5) is 55.8 Å². The summed E-state index contributed by atoms with van der Waals surface area (Å²) < 4.78 is 15.9. The molecule has 0 bridgehead atoms. The molecule has 28 nitrogen and oxygen atoms in total. The van der Waals surface area contributed by atoms with Gasteiger partial charge in [0.1, 0.15) is 22.8 Å². The average molecular weight is 1760 g/mol. The number of anilines is 7. The quantitative estimate of drug-likeness (QED) is 0.0275. The number of nitrogens with two attached hydrogens (primary N) is 5. The van der Waals surface area contributed by atoms with Crippen molar-refractivity contribution in [2.24, 2.45) is 17.8 Å². The van der Waals surface area contributed by atoms with Gasteiger partial charge in [-0.2, -0.15) is 9.97 Å². The second kappa shape index (κ2) is 42.9. The highest BCUT2D eigenvalue weighted by Gasteiger charge is 2.35. The van der Waals surface area contributed by atoms with Crippen molar-refractivity contribution >= 4 is 77.7 Å². The maximum atomic E-state index is 12.3. The van der Waals surface area contributed by atoms with Gasteiger partial charge in [-0.3, -0.25) is 4.79 Å². The van der Waals surface area contributed by atoms with Crippen LogP contribution in [0.25, 0.3) is 68.4 Å². The largest absolute Gasteiger partial charge is 0.450 e. The number of nitrogen functional groups attached to an aromatic ring is 5. The van der Waals surface area contributed by atoms with E-state index in [0.717, 1.165) is 169 Å². The number of allylic oxidation sites excluding steroid dienone is 2. The average Bonchev–Trinajstić information content (AvgIpc) is 1.10. The van der Waals surface area contributed by atoms with Crippen LogP contribution in [0, 0.1) is 59.3 Å². The molecule has 1 saturated carbocycles. The van der Waals surface area contributed by atoms with E-state index >= 15 is 0 Å². The lowest BCUT2D eigenvalue weighted by Crippen LogP contribution is -2.53. The smallest absolute Gasteiger partial charge is 0.410 e. The Morgan fingerprint density at radius 1 is 0.454 bits per heavy atom. The van der Waals surface area contributed by atoms with Crippen molar-refractivity contribution in [3.8, 4) is 56.3 Å². The first-order valence-corrected chi connectivity index (χ1v) is 45.8. The Bertz CT molecular complexity index is 5740. The number of unbranched alkanes of at least 4 members (excludes halogenated alkanes) is 1. The van der Waals surface area contributed by atoms with Gasteiger partial charge in [-0.05, 0) is 278 Å². The minimum Gasteiger partial charge on any atom is -0.450 e. The fourth-order valence-corrected chi connectivity index (χ4v) is 16.8. The fraction of sp³-hybridized carbons (Fsp3) is 0.431. The van der Waals surface area contributed by atoms with Crippen LogP contribution in [0.3, 0.4) is 0 Å². The molecular weight excluding hydrogens is 1630 g/mol. The number of benzene rings is 5. The maximum Gasteiger partial charge on any atom is 0.410 e. The number of carbonyl (C=O) groups is 4. The molecule has 17 rings (SSSR count). The second-order valence-electron chi connectivity index (χ2n) is 37.0. The van der Waals surface area contributed by atoms with Gasteiger partial charge in [-0.15, -0.1) is 0 Å². The number of amides is 4. The summed E-state index contributed by atoms with van der Waals surface area (Å²) >= 11 is 0. The van der Waals surface area contributed by atoms with E-state index in [2.05, 4.69) is 199 Å². The molecule has 4 aliphatic heterocycles. The maximum absolute atomic E-state index is 12.3. The van der Waals surface area contributed by atoms with Crippen molar-refractivity contribution in [3.05, 3.63) is 206 Å². The molecule has 130 heavy (non-hydrogen) atoms. The van der Waals surface area contributed by atoms with Gasteiger partial charge >= 0.3 is 18.3 Å². The minimum atomic E-state index is -0.469. The molecule has 0 radical (unpaired) electrons. The summed E-state index contributed by atoms with van der Waals surface area (Å²) in [6.45, 7) is 32.6. The molecule has 5 aromatic carbocycles. The van der Waals surface area contributed by atoms with Crippen molar-refractivity contribution in [2.75, 3.05) is 105 Å². The van der Waals surface area contributed by atoms with E-state index in [1.807, 2.05) is 102 Å². The lowest BCUT2D eigenvalue weighted by Gasteiger charge is -2.39. The summed E-state index contributed by atoms with van der Waals surface area (Å²) in [5, 5.41) is 6.78. The number of nitrogens with one attached hydrogen (secondary N) is 2. The van der Waals surface area contributed by atoms with Gasteiger partial charge < -0.3 is 73.1 Å². The van der Waals surface area contributed by atoms with E-state index < -0.39 is 11.2 Å². The molecule has 0 spiro atoms. The lowest BCUT2D eigenvalue weighted by atomic mass is 9.91. The van der Waals surface area contributed by atoms with Gasteiger partial charge in [0, 0.05) is 134 Å². The summed E-state index contributed by atoms with van der Waals surface area (Å²) in [6, 6.07) is 41.7. The molecule has 0 unspecified atom stereocenters. The molecule has 4 amide bonds. The molecule has 4 saturated heterocycles. The zero-order valence-electron chi connectivity index (χ0n) is 77.8. The first kappa shape index (κ1) is 94.5. The van der Waals surface area contributed by atoms with Gasteiger partial charge in [-0.1, -0.05) is 103 Å². The molecular formula is C102H129N21O7. The number of nitrogens with zero attached hydrogens (tertiary/aromatic N) is 14. The van der Waals surface area contributed by atoms with Crippen molar-refractivity contribution in [3.63, 3.8) is 0 Å². The molecule has 28 heteroatoms. The van der Waals surface area contributed by atoms with Gasteiger partial charge in [-0.25, -0.2) is 54.3 Å². The molecule has 12 N–H and O–H groups in total. The topological polar surface area (TPSA) is 392 Å². The van der Waals surface area contributed by atoms with Crippen LogP contribution in [0.5, 0.6) is 0 Å². The SMILES string of the molecule is CCOC(=O)N1CCC(Nc2cc(-c3cccc(C)c3C)nc(N)n2)CC1.Cc1cccc(-c2cc(CC3CCN(C(=O)OC(C)(C)C)CC3)nc(N)n2)c1C.Cc1cccc(-c2cc(NCC3CN(C(=O)OC(C)(C)C)C3)nc(N)n2)c1C.Nc1nc(CC2CC2)cc(-c2ccc3c(c2)C=CC3)n1.Nc1nc(CCCCN2CCCC2=O)cc(-c2ccc3c(c2)C=CC3)n1. The minimum absolute atomic E-state index is 0.223. The van der Waals surface area contributed by atoms with Crippen molar-refractivity contribution in [1.82, 2.24) is 69.4 Å². The third kappa shape index (κ3) is 26.5. The van der Waals surface area contributed by atoms with Crippen LogP contribution in [0.2, 0.25) is 0 Å². The summed E-state index contributed by atoms with van der Waals surface area (Å²) in [4.78, 5) is 98.9. The Hall–Kier alpha value is -13.1. The molecule has 0 atom stereocenters. The third-order valence-electron chi connectivity index (χ3n) is 24.5. The zero-order valence-corrected chi connectivity index (χ0v) is 77.8. The van der Waals surface area contributed by atoms with Crippen LogP contribution in [0.15, 0.2) is 133 Å². The van der Waals surface area contributed by atoms with E-state index in [-0.39, 0.29) is 36.2 Å². The van der Waals surface area contributed by atoms with E-state index in [1.165, 1.54) is 68.5 Å². The van der Waals surface area contributed by atoms with Crippen molar-refractivity contribution in [2.45, 2.75) is 204 Å². The highest BCUT2D eigenvalue weighted by atomic mass is 16.6. The van der Waals surface area contributed by atoms with Gasteiger partial charge in [0.2, 0.25) is 35.6 Å². The number of carbonyl (C=O) groups excluding carboxylic acids is 4. The van der Waals surface area contributed by atoms with E-state index in [1.54, 1.807) is 14.7 Å².